The Morgan fingerprint density at radius 2 is 2.06 bits per heavy atom. The number of aromatic hydroxyl groups is 2. The van der Waals surface area contributed by atoms with Gasteiger partial charge in [-0.3, -0.25) is 4.79 Å². The maximum absolute atomic E-state index is 10.3. The first-order valence-corrected chi connectivity index (χ1v) is 4.97. The Balaban J connectivity index is 2.55. The smallest absolute Gasteiger partial charge is 0.303 e. The van der Waals surface area contributed by atoms with E-state index in [1.807, 2.05) is 0 Å². The average Bonchev–Trinajstić information content (AvgIpc) is 2.19. The molecule has 0 saturated heterocycles. The number of carboxylic acids is 1. The van der Waals surface area contributed by atoms with Crippen LogP contribution in [0.2, 0.25) is 0 Å². The molecule has 5 nitrogen and oxygen atoms in total. The number of phenols is 2. The molecule has 0 aliphatic heterocycles. The minimum atomic E-state index is -0.884. The van der Waals surface area contributed by atoms with Crippen molar-refractivity contribution < 1.29 is 20.1 Å². The van der Waals surface area contributed by atoms with Crippen LogP contribution in [0.5, 0.6) is 11.5 Å². The fourth-order valence-corrected chi connectivity index (χ4v) is 1.42. The van der Waals surface area contributed by atoms with Gasteiger partial charge in [0.15, 0.2) is 0 Å². The number of hydrogen-bond acceptors (Lipinski definition) is 4. The summed E-state index contributed by atoms with van der Waals surface area (Å²) in [6.45, 7) is 0. The molecular weight excluding hydrogens is 210 g/mol. The third kappa shape index (κ3) is 3.78. The molecule has 0 saturated carbocycles. The van der Waals surface area contributed by atoms with Crippen LogP contribution in [-0.4, -0.2) is 27.3 Å². The summed E-state index contributed by atoms with van der Waals surface area (Å²) in [6.07, 6.45) is 0.759. The fourth-order valence-electron chi connectivity index (χ4n) is 1.42. The van der Waals surface area contributed by atoms with Crippen molar-refractivity contribution >= 4 is 5.97 Å². The Hall–Kier alpha value is -1.75. The monoisotopic (exact) mass is 225 g/mol. The summed E-state index contributed by atoms with van der Waals surface area (Å²) in [6, 6.07) is 3.95. The molecule has 0 fully saturated rings. The second kappa shape index (κ2) is 5.37. The lowest BCUT2D eigenvalue weighted by molar-refractivity contribution is -0.137. The largest absolute Gasteiger partial charge is 0.508 e. The Kier molecular flexibility index (Phi) is 4.13. The molecule has 0 spiro atoms. The summed E-state index contributed by atoms with van der Waals surface area (Å²) >= 11 is 0. The van der Waals surface area contributed by atoms with Crippen LogP contribution in [0.1, 0.15) is 18.4 Å². The van der Waals surface area contributed by atoms with Gasteiger partial charge >= 0.3 is 5.97 Å². The lowest BCUT2D eigenvalue weighted by atomic mass is 10.0. The van der Waals surface area contributed by atoms with Gasteiger partial charge in [0.2, 0.25) is 0 Å². The van der Waals surface area contributed by atoms with Crippen molar-refractivity contribution in [1.82, 2.24) is 0 Å². The second-order valence-electron chi connectivity index (χ2n) is 3.71. The molecular formula is C11H15NO4. The van der Waals surface area contributed by atoms with E-state index in [1.54, 1.807) is 6.07 Å². The molecule has 0 aliphatic carbocycles. The van der Waals surface area contributed by atoms with Gasteiger partial charge in [0, 0.05) is 18.5 Å². The van der Waals surface area contributed by atoms with E-state index in [-0.39, 0.29) is 24.0 Å². The lowest BCUT2D eigenvalue weighted by Gasteiger charge is -2.11. The Morgan fingerprint density at radius 3 is 2.62 bits per heavy atom. The minimum Gasteiger partial charge on any atom is -0.508 e. The molecule has 88 valence electrons. The molecule has 0 bridgehead atoms. The first kappa shape index (κ1) is 12.3. The Labute approximate surface area is 93.1 Å². The van der Waals surface area contributed by atoms with E-state index < -0.39 is 5.97 Å². The normalized spacial score (nSPS) is 12.3. The van der Waals surface area contributed by atoms with Gasteiger partial charge in [0.25, 0.3) is 0 Å². The van der Waals surface area contributed by atoms with E-state index in [4.69, 9.17) is 15.9 Å². The maximum Gasteiger partial charge on any atom is 0.303 e. The molecule has 16 heavy (non-hydrogen) atoms. The summed E-state index contributed by atoms with van der Waals surface area (Å²) in [5.74, 6) is -0.920. The third-order valence-electron chi connectivity index (χ3n) is 2.28. The van der Waals surface area contributed by atoms with Gasteiger partial charge < -0.3 is 21.1 Å². The molecule has 0 radical (unpaired) electrons. The Bertz CT molecular complexity index is 378. The quantitative estimate of drug-likeness (QED) is 0.594. The zero-order valence-electron chi connectivity index (χ0n) is 8.76. The highest BCUT2D eigenvalue weighted by atomic mass is 16.4. The molecule has 1 rings (SSSR count). The first-order chi connectivity index (χ1) is 7.49. The highest BCUT2D eigenvalue weighted by Gasteiger charge is 2.10. The molecule has 1 atom stereocenters. The van der Waals surface area contributed by atoms with Crippen molar-refractivity contribution in [3.05, 3.63) is 23.8 Å². The standard InChI is InChI=1S/C11H15NO4/c12-8(2-4-11(15)16)5-7-1-3-9(13)6-10(7)14/h1,3,6,8,13-14H,2,4-5,12H2,(H,15,16). The summed E-state index contributed by atoms with van der Waals surface area (Å²) in [4.78, 5) is 10.3. The zero-order chi connectivity index (χ0) is 12.1. The van der Waals surface area contributed by atoms with Crippen molar-refractivity contribution in [2.45, 2.75) is 25.3 Å². The average molecular weight is 225 g/mol. The molecule has 1 aromatic rings. The van der Waals surface area contributed by atoms with E-state index >= 15 is 0 Å². The molecule has 5 N–H and O–H groups in total. The molecule has 1 unspecified atom stereocenters. The molecule has 0 aromatic heterocycles. The number of benzene rings is 1. The summed E-state index contributed by atoms with van der Waals surface area (Å²) in [7, 11) is 0. The molecule has 0 amide bonds. The first-order valence-electron chi connectivity index (χ1n) is 4.97. The molecule has 1 aromatic carbocycles. The highest BCUT2D eigenvalue weighted by molar-refractivity contribution is 5.66. The summed E-state index contributed by atoms with van der Waals surface area (Å²) in [5.41, 5.74) is 6.33. The number of aliphatic carboxylic acids is 1. The van der Waals surface area contributed by atoms with Crippen molar-refractivity contribution in [3.63, 3.8) is 0 Å². The number of carboxylic acid groups (broad SMARTS) is 1. The third-order valence-corrected chi connectivity index (χ3v) is 2.28. The van der Waals surface area contributed by atoms with Crippen LogP contribution in [0.3, 0.4) is 0 Å². The van der Waals surface area contributed by atoms with Gasteiger partial charge in [0.1, 0.15) is 11.5 Å². The van der Waals surface area contributed by atoms with Gasteiger partial charge in [-0.15, -0.1) is 0 Å². The number of phenolic OH excluding ortho intramolecular Hbond substituents is 2. The van der Waals surface area contributed by atoms with Gasteiger partial charge in [-0.05, 0) is 24.5 Å². The number of nitrogens with two attached hydrogens (primary N) is 1. The van der Waals surface area contributed by atoms with E-state index in [9.17, 15) is 9.90 Å². The predicted molar refractivity (Wildman–Crippen MR) is 58.3 cm³/mol. The summed E-state index contributed by atoms with van der Waals surface area (Å²) < 4.78 is 0. The molecule has 0 aliphatic rings. The van der Waals surface area contributed by atoms with Gasteiger partial charge in [-0.25, -0.2) is 0 Å². The predicted octanol–water partition coefficient (Wildman–Crippen LogP) is 0.832. The fraction of sp³-hybridized carbons (Fsp3) is 0.364. The highest BCUT2D eigenvalue weighted by Crippen LogP contribution is 2.23. The minimum absolute atomic E-state index is 0.0136. The van der Waals surface area contributed by atoms with E-state index in [1.165, 1.54) is 12.1 Å². The van der Waals surface area contributed by atoms with Crippen LogP contribution in [0, 0.1) is 0 Å². The van der Waals surface area contributed by atoms with Gasteiger partial charge in [0.05, 0.1) is 0 Å². The van der Waals surface area contributed by atoms with Crippen LogP contribution < -0.4 is 5.73 Å². The van der Waals surface area contributed by atoms with Crippen LogP contribution in [0.4, 0.5) is 0 Å². The number of carbonyl (C=O) groups is 1. The van der Waals surface area contributed by atoms with E-state index in [2.05, 4.69) is 0 Å². The van der Waals surface area contributed by atoms with Crippen LogP contribution in [0.25, 0.3) is 0 Å². The van der Waals surface area contributed by atoms with Crippen molar-refractivity contribution in [2.24, 2.45) is 5.73 Å². The zero-order valence-corrected chi connectivity index (χ0v) is 8.76. The SMILES string of the molecule is NC(CCC(=O)O)Cc1ccc(O)cc1O. The van der Waals surface area contributed by atoms with Crippen molar-refractivity contribution in [1.29, 1.82) is 0 Å². The number of rotatable bonds is 5. The van der Waals surface area contributed by atoms with Crippen LogP contribution >= 0.6 is 0 Å². The number of hydrogen-bond donors (Lipinski definition) is 4. The molecule has 0 heterocycles. The van der Waals surface area contributed by atoms with Gasteiger partial charge in [-0.2, -0.15) is 0 Å². The Morgan fingerprint density at radius 1 is 1.38 bits per heavy atom. The van der Waals surface area contributed by atoms with E-state index in [0.717, 1.165) is 0 Å². The van der Waals surface area contributed by atoms with Crippen molar-refractivity contribution in [2.75, 3.05) is 0 Å². The van der Waals surface area contributed by atoms with Crippen LogP contribution in [-0.2, 0) is 11.2 Å². The van der Waals surface area contributed by atoms with Crippen LogP contribution in [0.15, 0.2) is 18.2 Å². The topological polar surface area (TPSA) is 104 Å². The van der Waals surface area contributed by atoms with Gasteiger partial charge in [-0.1, -0.05) is 6.07 Å². The molecule has 5 heteroatoms. The maximum atomic E-state index is 10.3. The van der Waals surface area contributed by atoms with Crippen molar-refractivity contribution in [3.8, 4) is 11.5 Å². The lowest BCUT2D eigenvalue weighted by Crippen LogP contribution is -2.23. The van der Waals surface area contributed by atoms with E-state index in [0.29, 0.717) is 18.4 Å². The second-order valence-corrected chi connectivity index (χ2v) is 3.71. The summed E-state index contributed by atoms with van der Waals surface area (Å²) in [5, 5.41) is 27.0.